The molecule has 0 bridgehead atoms. The SMILES string of the molecule is COCc1nc(C2(OC)CCCC2)sc1CNC1CC1. The summed E-state index contributed by atoms with van der Waals surface area (Å²) in [5.41, 5.74) is 0.953. The van der Waals surface area contributed by atoms with Gasteiger partial charge in [-0.05, 0) is 25.7 Å². The molecule has 20 heavy (non-hydrogen) atoms. The zero-order valence-corrected chi connectivity index (χ0v) is 13.2. The third-order valence-electron chi connectivity index (χ3n) is 4.38. The first-order chi connectivity index (χ1) is 9.77. The van der Waals surface area contributed by atoms with Gasteiger partial charge in [0.25, 0.3) is 0 Å². The van der Waals surface area contributed by atoms with E-state index in [1.54, 1.807) is 7.11 Å². The maximum atomic E-state index is 5.86. The lowest BCUT2D eigenvalue weighted by Crippen LogP contribution is -2.24. The molecule has 0 aromatic carbocycles. The van der Waals surface area contributed by atoms with Crippen LogP contribution in [0, 0.1) is 0 Å². The number of rotatable bonds is 7. The minimum absolute atomic E-state index is 0.134. The first-order valence-corrected chi connectivity index (χ1v) is 8.35. The van der Waals surface area contributed by atoms with E-state index < -0.39 is 0 Å². The van der Waals surface area contributed by atoms with Crippen molar-refractivity contribution in [3.8, 4) is 0 Å². The Morgan fingerprint density at radius 2 is 2.05 bits per heavy atom. The van der Waals surface area contributed by atoms with Crippen molar-refractivity contribution < 1.29 is 9.47 Å². The highest BCUT2D eigenvalue weighted by atomic mass is 32.1. The van der Waals surface area contributed by atoms with Gasteiger partial charge in [-0.1, -0.05) is 12.8 Å². The molecule has 2 aliphatic carbocycles. The smallest absolute Gasteiger partial charge is 0.125 e. The van der Waals surface area contributed by atoms with E-state index in [4.69, 9.17) is 14.5 Å². The molecular formula is C15H24N2O2S. The summed E-state index contributed by atoms with van der Waals surface area (Å²) >= 11 is 1.81. The predicted molar refractivity (Wildman–Crippen MR) is 79.8 cm³/mol. The molecule has 0 unspecified atom stereocenters. The van der Waals surface area contributed by atoms with Gasteiger partial charge in [-0.25, -0.2) is 4.98 Å². The average Bonchev–Trinajstić information content (AvgIpc) is 3.01. The van der Waals surface area contributed by atoms with Crippen LogP contribution in [0.25, 0.3) is 0 Å². The van der Waals surface area contributed by atoms with Crippen molar-refractivity contribution in [3.63, 3.8) is 0 Å². The van der Waals surface area contributed by atoms with Gasteiger partial charge in [0.15, 0.2) is 0 Å². The lowest BCUT2D eigenvalue weighted by atomic mass is 10.0. The van der Waals surface area contributed by atoms with E-state index in [2.05, 4.69) is 5.32 Å². The van der Waals surface area contributed by atoms with Crippen molar-refractivity contribution in [2.45, 2.75) is 63.3 Å². The van der Waals surface area contributed by atoms with Crippen molar-refractivity contribution in [1.29, 1.82) is 0 Å². The summed E-state index contributed by atoms with van der Waals surface area (Å²) in [4.78, 5) is 6.17. The molecule has 5 heteroatoms. The second-order valence-electron chi connectivity index (χ2n) is 5.88. The molecule has 0 aliphatic heterocycles. The number of thiazole rings is 1. The molecule has 1 heterocycles. The van der Waals surface area contributed by atoms with Gasteiger partial charge in [0.2, 0.25) is 0 Å². The zero-order valence-electron chi connectivity index (χ0n) is 12.4. The van der Waals surface area contributed by atoms with E-state index in [-0.39, 0.29) is 5.60 Å². The lowest BCUT2D eigenvalue weighted by molar-refractivity contribution is -0.00911. The molecule has 0 spiro atoms. The second kappa shape index (κ2) is 6.10. The summed E-state index contributed by atoms with van der Waals surface area (Å²) in [5.74, 6) is 0. The van der Waals surface area contributed by atoms with Crippen LogP contribution in [0.3, 0.4) is 0 Å². The highest BCUT2D eigenvalue weighted by molar-refractivity contribution is 7.11. The number of nitrogens with zero attached hydrogens (tertiary/aromatic N) is 1. The monoisotopic (exact) mass is 296 g/mol. The molecule has 1 aromatic heterocycles. The van der Waals surface area contributed by atoms with Crippen molar-refractivity contribution in [1.82, 2.24) is 10.3 Å². The van der Waals surface area contributed by atoms with Crippen LogP contribution in [-0.4, -0.2) is 25.2 Å². The van der Waals surface area contributed by atoms with E-state index in [0.717, 1.165) is 36.1 Å². The van der Waals surface area contributed by atoms with Crippen molar-refractivity contribution in [2.75, 3.05) is 14.2 Å². The normalized spacial score (nSPS) is 21.5. The minimum Gasteiger partial charge on any atom is -0.378 e. The van der Waals surface area contributed by atoms with Crippen LogP contribution in [0.1, 0.15) is 54.1 Å². The molecule has 4 nitrogen and oxygen atoms in total. The molecule has 0 amide bonds. The lowest BCUT2D eigenvalue weighted by Gasteiger charge is -2.24. The fraction of sp³-hybridized carbons (Fsp3) is 0.800. The second-order valence-corrected chi connectivity index (χ2v) is 6.97. The molecule has 1 aromatic rings. The molecule has 0 saturated heterocycles. The summed E-state index contributed by atoms with van der Waals surface area (Å²) < 4.78 is 11.2. The Labute approximate surface area is 124 Å². The van der Waals surface area contributed by atoms with Gasteiger partial charge in [-0.15, -0.1) is 11.3 Å². The minimum atomic E-state index is -0.134. The van der Waals surface area contributed by atoms with Crippen LogP contribution in [0.4, 0.5) is 0 Å². The highest BCUT2D eigenvalue weighted by Crippen LogP contribution is 2.44. The van der Waals surface area contributed by atoms with E-state index in [9.17, 15) is 0 Å². The van der Waals surface area contributed by atoms with Gasteiger partial charge in [0.05, 0.1) is 12.3 Å². The number of methoxy groups -OCH3 is 2. The van der Waals surface area contributed by atoms with Gasteiger partial charge in [-0.2, -0.15) is 0 Å². The van der Waals surface area contributed by atoms with Crippen LogP contribution in [-0.2, 0) is 28.2 Å². The zero-order chi connectivity index (χ0) is 14.0. The Bertz CT molecular complexity index is 451. The van der Waals surface area contributed by atoms with Gasteiger partial charge in [0.1, 0.15) is 10.6 Å². The molecule has 0 atom stereocenters. The van der Waals surface area contributed by atoms with Crippen molar-refractivity contribution >= 4 is 11.3 Å². The Hall–Kier alpha value is -0.490. The van der Waals surface area contributed by atoms with Crippen LogP contribution < -0.4 is 5.32 Å². The highest BCUT2D eigenvalue weighted by Gasteiger charge is 2.39. The molecule has 112 valence electrons. The third kappa shape index (κ3) is 2.91. The van der Waals surface area contributed by atoms with E-state index >= 15 is 0 Å². The largest absolute Gasteiger partial charge is 0.378 e. The fourth-order valence-electron chi connectivity index (χ4n) is 2.94. The molecule has 1 N–H and O–H groups in total. The van der Waals surface area contributed by atoms with Crippen LogP contribution in [0.5, 0.6) is 0 Å². The predicted octanol–water partition coefficient (Wildman–Crippen LogP) is 2.96. The summed E-state index contributed by atoms with van der Waals surface area (Å²) in [6.07, 6.45) is 7.30. The van der Waals surface area contributed by atoms with E-state index in [1.807, 2.05) is 18.4 Å². The van der Waals surface area contributed by atoms with Crippen LogP contribution in [0.2, 0.25) is 0 Å². The molecule has 2 fully saturated rings. The maximum Gasteiger partial charge on any atom is 0.125 e. The van der Waals surface area contributed by atoms with Gasteiger partial charge >= 0.3 is 0 Å². The molecule has 2 saturated carbocycles. The topological polar surface area (TPSA) is 43.4 Å². The van der Waals surface area contributed by atoms with E-state index in [1.165, 1.54) is 30.6 Å². The van der Waals surface area contributed by atoms with Crippen molar-refractivity contribution in [2.24, 2.45) is 0 Å². The van der Waals surface area contributed by atoms with Gasteiger partial charge in [-0.3, -0.25) is 0 Å². The summed E-state index contributed by atoms with van der Waals surface area (Å²) in [7, 11) is 3.56. The molecule has 2 aliphatic rings. The molecule has 0 radical (unpaired) electrons. The number of nitrogens with one attached hydrogen (secondary N) is 1. The van der Waals surface area contributed by atoms with Gasteiger partial charge < -0.3 is 14.8 Å². The van der Waals surface area contributed by atoms with Crippen molar-refractivity contribution in [3.05, 3.63) is 15.6 Å². The van der Waals surface area contributed by atoms with Crippen LogP contribution in [0.15, 0.2) is 0 Å². The number of hydrogen-bond donors (Lipinski definition) is 1. The number of hydrogen-bond acceptors (Lipinski definition) is 5. The Morgan fingerprint density at radius 1 is 1.30 bits per heavy atom. The quantitative estimate of drug-likeness (QED) is 0.840. The average molecular weight is 296 g/mol. The third-order valence-corrected chi connectivity index (χ3v) is 5.66. The Morgan fingerprint density at radius 3 is 2.65 bits per heavy atom. The number of aromatic nitrogens is 1. The fourth-order valence-corrected chi connectivity index (χ4v) is 4.18. The number of ether oxygens (including phenoxy) is 2. The molecule has 3 rings (SSSR count). The Balaban J connectivity index is 1.80. The summed E-state index contributed by atoms with van der Waals surface area (Å²) in [5, 5.41) is 4.73. The summed E-state index contributed by atoms with van der Waals surface area (Å²) in [6.45, 7) is 1.51. The van der Waals surface area contributed by atoms with Gasteiger partial charge in [0, 0.05) is 31.7 Å². The Kier molecular flexibility index (Phi) is 4.40. The standard InChI is InChI=1S/C15H24N2O2S/c1-18-10-12-13(9-16-11-5-6-11)20-14(17-12)15(19-2)7-3-4-8-15/h11,16H,3-10H2,1-2H3. The van der Waals surface area contributed by atoms with Crippen LogP contribution >= 0.6 is 11.3 Å². The molecular weight excluding hydrogens is 272 g/mol. The van der Waals surface area contributed by atoms with E-state index in [0.29, 0.717) is 6.61 Å². The summed E-state index contributed by atoms with van der Waals surface area (Å²) in [6, 6.07) is 0.721. The first-order valence-electron chi connectivity index (χ1n) is 7.54. The maximum absolute atomic E-state index is 5.86. The first kappa shape index (κ1) is 14.4.